The second kappa shape index (κ2) is 12.5. The number of hydrogen-bond donors (Lipinski definition) is 4. The summed E-state index contributed by atoms with van der Waals surface area (Å²) in [4.78, 5) is 23.8. The van der Waals surface area contributed by atoms with Crippen LogP contribution in [0.5, 0.6) is 0 Å². The van der Waals surface area contributed by atoms with Crippen LogP contribution in [0, 0.1) is 0 Å². The van der Waals surface area contributed by atoms with Crippen molar-refractivity contribution < 1.29 is 14.7 Å². The largest absolute Gasteiger partial charge is 0.480 e. The summed E-state index contributed by atoms with van der Waals surface area (Å²) in [5.74, 6) is -0.627. The number of hydrogen-bond acceptors (Lipinski definition) is 5. The lowest BCUT2D eigenvalue weighted by Gasteiger charge is -2.35. The predicted molar refractivity (Wildman–Crippen MR) is 138 cm³/mol. The highest BCUT2D eigenvalue weighted by Crippen LogP contribution is 2.48. The van der Waals surface area contributed by atoms with E-state index in [0.717, 1.165) is 16.7 Å². The van der Waals surface area contributed by atoms with E-state index in [1.807, 2.05) is 54.6 Å². The summed E-state index contributed by atoms with van der Waals surface area (Å²) in [6.07, 6.45) is 0. The number of carboxylic acid groups (broad SMARTS) is 1. The highest BCUT2D eigenvalue weighted by Gasteiger charge is 2.37. The van der Waals surface area contributed by atoms with Crippen molar-refractivity contribution in [2.45, 2.75) is 10.8 Å². The first-order valence-electron chi connectivity index (χ1n) is 10.7. The molecule has 0 aliphatic carbocycles. The van der Waals surface area contributed by atoms with Gasteiger partial charge in [0.25, 0.3) is 0 Å². The fraction of sp³-hybridized carbons (Fsp3) is 0.231. The Morgan fingerprint density at radius 1 is 0.818 bits per heavy atom. The highest BCUT2D eigenvalue weighted by molar-refractivity contribution is 8.01. The molecule has 0 heterocycles. The van der Waals surface area contributed by atoms with Crippen LogP contribution < -0.4 is 10.6 Å². The van der Waals surface area contributed by atoms with Crippen molar-refractivity contribution in [1.82, 2.24) is 10.6 Å². The third-order valence-electron chi connectivity index (χ3n) is 5.28. The maximum atomic E-state index is 12.7. The van der Waals surface area contributed by atoms with Crippen LogP contribution in [0.15, 0.2) is 91.0 Å². The molecule has 1 atom stereocenters. The molecule has 0 saturated heterocycles. The van der Waals surface area contributed by atoms with Crippen molar-refractivity contribution in [3.05, 3.63) is 108 Å². The number of rotatable bonds is 12. The standard InChI is InChI=1S/C26H28N2O3S2/c29-24(28-17-16-27-23(18-32)25(30)31)19-33-26(20-10-4-1-5-11-20,21-12-6-2-7-13-21)22-14-8-3-9-15-22/h1-15,23,27,32H,16-19H2,(H,28,29)(H,30,31)/t23-/m0/s1. The molecule has 0 spiro atoms. The number of amides is 1. The molecule has 172 valence electrons. The Kier molecular flexibility index (Phi) is 9.42. The summed E-state index contributed by atoms with van der Waals surface area (Å²) in [5.41, 5.74) is 3.29. The van der Waals surface area contributed by atoms with Crippen LogP contribution >= 0.6 is 24.4 Å². The van der Waals surface area contributed by atoms with Crippen LogP contribution in [0.1, 0.15) is 16.7 Å². The topological polar surface area (TPSA) is 78.4 Å². The van der Waals surface area contributed by atoms with Gasteiger partial charge in [-0.1, -0.05) is 91.0 Å². The minimum absolute atomic E-state index is 0.105. The van der Waals surface area contributed by atoms with Gasteiger partial charge in [0.1, 0.15) is 6.04 Å². The first kappa shape index (κ1) is 24.9. The molecular formula is C26H28N2O3S2. The second-order valence-corrected chi connectivity index (χ2v) is 9.00. The summed E-state index contributed by atoms with van der Waals surface area (Å²) < 4.78 is -0.556. The Balaban J connectivity index is 1.80. The van der Waals surface area contributed by atoms with Crippen LogP contribution in [-0.4, -0.2) is 47.6 Å². The van der Waals surface area contributed by atoms with E-state index >= 15 is 0 Å². The van der Waals surface area contributed by atoms with E-state index in [4.69, 9.17) is 5.11 Å². The lowest BCUT2D eigenvalue weighted by Crippen LogP contribution is -2.42. The van der Waals surface area contributed by atoms with Gasteiger partial charge in [-0.15, -0.1) is 11.8 Å². The quantitative estimate of drug-likeness (QED) is 0.180. The molecule has 3 aromatic rings. The molecule has 0 aliphatic heterocycles. The summed E-state index contributed by atoms with van der Waals surface area (Å²) in [5, 5.41) is 14.8. The molecule has 0 aromatic heterocycles. The average Bonchev–Trinajstić information content (AvgIpc) is 2.86. The van der Waals surface area contributed by atoms with Crippen LogP contribution in [0.25, 0.3) is 0 Å². The lowest BCUT2D eigenvalue weighted by atomic mass is 9.84. The van der Waals surface area contributed by atoms with Crippen LogP contribution in [0.2, 0.25) is 0 Å². The fourth-order valence-corrected chi connectivity index (χ4v) is 5.31. The molecule has 3 rings (SSSR count). The Hall–Kier alpha value is -2.74. The highest BCUT2D eigenvalue weighted by atomic mass is 32.2. The number of carbonyl (C=O) groups excluding carboxylic acids is 1. The zero-order valence-electron chi connectivity index (χ0n) is 18.2. The monoisotopic (exact) mass is 480 g/mol. The summed E-state index contributed by atoms with van der Waals surface area (Å²) in [6, 6.07) is 29.9. The Bertz CT molecular complexity index is 921. The Morgan fingerprint density at radius 3 is 1.67 bits per heavy atom. The smallest absolute Gasteiger partial charge is 0.321 e. The molecule has 0 radical (unpaired) electrons. The second-order valence-electron chi connectivity index (χ2n) is 7.45. The zero-order chi connectivity index (χ0) is 23.5. The fourth-order valence-electron chi connectivity index (χ4n) is 3.67. The Morgan fingerprint density at radius 2 is 1.27 bits per heavy atom. The first-order valence-corrected chi connectivity index (χ1v) is 12.3. The normalized spacial score (nSPS) is 12.2. The van der Waals surface area contributed by atoms with Gasteiger partial charge in [0.2, 0.25) is 5.91 Å². The van der Waals surface area contributed by atoms with Crippen LogP contribution in [0.3, 0.4) is 0 Å². The molecule has 0 aliphatic rings. The van der Waals surface area contributed by atoms with Crippen molar-refractivity contribution in [3.63, 3.8) is 0 Å². The number of benzene rings is 3. The number of thioether (sulfide) groups is 1. The third-order valence-corrected chi connectivity index (χ3v) is 7.19. The molecule has 0 fully saturated rings. The van der Waals surface area contributed by atoms with Crippen molar-refractivity contribution >= 4 is 36.3 Å². The SMILES string of the molecule is O=C(CSC(c1ccccc1)(c1ccccc1)c1ccccc1)NCCN[C@@H](CS)C(=O)O. The van der Waals surface area contributed by atoms with E-state index in [-0.39, 0.29) is 17.4 Å². The minimum atomic E-state index is -0.953. The van der Waals surface area contributed by atoms with Crippen LogP contribution in [-0.2, 0) is 14.3 Å². The maximum absolute atomic E-state index is 12.7. The van der Waals surface area contributed by atoms with Gasteiger partial charge in [0, 0.05) is 18.8 Å². The minimum Gasteiger partial charge on any atom is -0.480 e. The van der Waals surface area contributed by atoms with Crippen molar-refractivity contribution in [1.29, 1.82) is 0 Å². The molecule has 1 amide bonds. The Labute approximate surface area is 204 Å². The van der Waals surface area contributed by atoms with E-state index in [9.17, 15) is 9.59 Å². The molecule has 3 N–H and O–H groups in total. The van der Waals surface area contributed by atoms with Gasteiger partial charge in [-0.3, -0.25) is 9.59 Å². The van der Waals surface area contributed by atoms with E-state index < -0.39 is 16.8 Å². The zero-order valence-corrected chi connectivity index (χ0v) is 19.9. The van der Waals surface area contributed by atoms with Crippen molar-refractivity contribution in [2.24, 2.45) is 0 Å². The first-order chi connectivity index (χ1) is 16.1. The van der Waals surface area contributed by atoms with Gasteiger partial charge in [-0.05, 0) is 16.7 Å². The van der Waals surface area contributed by atoms with Crippen molar-refractivity contribution in [3.8, 4) is 0 Å². The van der Waals surface area contributed by atoms with E-state index in [0.29, 0.717) is 13.1 Å². The number of nitrogens with one attached hydrogen (secondary N) is 2. The van der Waals surface area contributed by atoms with Gasteiger partial charge >= 0.3 is 5.97 Å². The molecule has 5 nitrogen and oxygen atoms in total. The van der Waals surface area contributed by atoms with Gasteiger partial charge in [0.15, 0.2) is 0 Å². The summed E-state index contributed by atoms with van der Waals surface area (Å²) in [6.45, 7) is 0.696. The molecule has 0 bridgehead atoms. The van der Waals surface area contributed by atoms with Crippen LogP contribution in [0.4, 0.5) is 0 Å². The molecule has 0 unspecified atom stereocenters. The summed E-state index contributed by atoms with van der Waals surface area (Å²) >= 11 is 5.60. The van der Waals surface area contributed by atoms with Gasteiger partial charge in [0.05, 0.1) is 10.5 Å². The average molecular weight is 481 g/mol. The number of aliphatic carboxylic acids is 1. The number of carboxylic acids is 1. The molecule has 7 heteroatoms. The number of carbonyl (C=O) groups is 2. The molecule has 33 heavy (non-hydrogen) atoms. The maximum Gasteiger partial charge on any atom is 0.321 e. The van der Waals surface area contributed by atoms with E-state index in [1.165, 1.54) is 0 Å². The predicted octanol–water partition coefficient (Wildman–Crippen LogP) is 3.80. The van der Waals surface area contributed by atoms with Gasteiger partial charge in [-0.2, -0.15) is 12.6 Å². The van der Waals surface area contributed by atoms with Gasteiger partial charge < -0.3 is 15.7 Å². The van der Waals surface area contributed by atoms with Gasteiger partial charge in [-0.25, -0.2) is 0 Å². The molecular weight excluding hydrogens is 452 g/mol. The third kappa shape index (κ3) is 6.41. The van der Waals surface area contributed by atoms with E-state index in [2.05, 4.69) is 59.7 Å². The summed E-state index contributed by atoms with van der Waals surface area (Å²) in [7, 11) is 0. The molecule has 3 aromatic carbocycles. The van der Waals surface area contributed by atoms with Crippen molar-refractivity contribution in [2.75, 3.05) is 24.6 Å². The van der Waals surface area contributed by atoms with E-state index in [1.54, 1.807) is 11.8 Å². The lowest BCUT2D eigenvalue weighted by molar-refractivity contribution is -0.138. The molecule has 0 saturated carbocycles. The number of thiol groups is 1.